The molecule has 1 aliphatic heterocycles. The molecule has 8 heteroatoms. The topological polar surface area (TPSA) is 55.2 Å². The lowest BCUT2D eigenvalue weighted by Crippen LogP contribution is -2.30. The van der Waals surface area contributed by atoms with Crippen molar-refractivity contribution in [3.8, 4) is 0 Å². The Kier molecular flexibility index (Phi) is 3.74. The van der Waals surface area contributed by atoms with Gasteiger partial charge in [-0.2, -0.15) is 9.40 Å². The molecule has 0 radical (unpaired) electrons. The van der Waals surface area contributed by atoms with Crippen molar-refractivity contribution >= 4 is 37.3 Å². The smallest absolute Gasteiger partial charge is 0.252 e. The largest absolute Gasteiger partial charge is 0.272 e. The molecule has 0 bridgehead atoms. The molecule has 0 saturated heterocycles. The van der Waals surface area contributed by atoms with Crippen LogP contribution in [0, 0.1) is 0 Å². The molecule has 0 N–H and O–H groups in total. The van der Waals surface area contributed by atoms with Crippen LogP contribution in [0.25, 0.3) is 0 Å². The number of aryl methyl sites for hydroxylation is 1. The Bertz CT molecular complexity index is 736. The fourth-order valence-corrected chi connectivity index (χ4v) is 6.04. The molecule has 0 saturated carbocycles. The molecular weight excluding hydrogens is 362 g/mol. The highest BCUT2D eigenvalue weighted by atomic mass is 79.9. The van der Waals surface area contributed by atoms with E-state index in [2.05, 4.69) is 21.0 Å². The number of hydrogen-bond acceptors (Lipinski definition) is 4. The van der Waals surface area contributed by atoms with Crippen molar-refractivity contribution in [1.82, 2.24) is 14.1 Å². The third-order valence-corrected chi connectivity index (χ3v) is 7.39. The molecule has 1 aliphatic rings. The number of nitrogens with zero attached hydrogens (tertiary/aromatic N) is 3. The van der Waals surface area contributed by atoms with Crippen molar-refractivity contribution in [3.05, 3.63) is 33.4 Å². The van der Waals surface area contributed by atoms with Crippen molar-refractivity contribution in [1.29, 1.82) is 0 Å². The maximum Gasteiger partial charge on any atom is 0.252 e. The van der Waals surface area contributed by atoms with Gasteiger partial charge in [-0.05, 0) is 40.9 Å². The zero-order valence-electron chi connectivity index (χ0n) is 10.9. The van der Waals surface area contributed by atoms with E-state index < -0.39 is 10.0 Å². The number of rotatable bonds is 2. The molecule has 0 spiro atoms. The molecule has 0 aliphatic carbocycles. The standard InChI is InChI=1S/C12H14BrN3O2S2/c1-15-10-3-2-6-16(8-9(10)7-14-15)20(17,18)12-5-4-11(13)19-12/h4-5,7H,2-3,6,8H2,1H3. The Morgan fingerprint density at radius 3 is 2.90 bits per heavy atom. The second-order valence-corrected chi connectivity index (χ2v) is 9.37. The summed E-state index contributed by atoms with van der Waals surface area (Å²) in [6.45, 7) is 0.952. The van der Waals surface area contributed by atoms with Crippen molar-refractivity contribution in [2.24, 2.45) is 7.05 Å². The van der Waals surface area contributed by atoms with Crippen molar-refractivity contribution in [2.45, 2.75) is 23.6 Å². The van der Waals surface area contributed by atoms with E-state index in [1.807, 2.05) is 11.7 Å². The molecule has 5 nitrogen and oxygen atoms in total. The van der Waals surface area contributed by atoms with Crippen LogP contribution in [-0.4, -0.2) is 29.0 Å². The van der Waals surface area contributed by atoms with Crippen LogP contribution in [0.2, 0.25) is 0 Å². The second-order valence-electron chi connectivity index (χ2n) is 4.74. The Balaban J connectivity index is 1.95. The SMILES string of the molecule is Cn1ncc2c1CCCN(S(=O)(=O)c1ccc(Br)s1)C2. The van der Waals surface area contributed by atoms with Crippen LogP contribution in [0.1, 0.15) is 17.7 Å². The number of aromatic nitrogens is 2. The highest BCUT2D eigenvalue weighted by Crippen LogP contribution is 2.30. The third-order valence-electron chi connectivity index (χ3n) is 3.46. The predicted octanol–water partition coefficient (Wildman–Crippen LogP) is 2.38. The summed E-state index contributed by atoms with van der Waals surface area (Å²) in [5.41, 5.74) is 2.14. The van der Waals surface area contributed by atoms with E-state index in [1.165, 1.54) is 11.3 Å². The zero-order chi connectivity index (χ0) is 14.3. The second kappa shape index (κ2) is 5.25. The first-order valence-electron chi connectivity index (χ1n) is 6.24. The van der Waals surface area contributed by atoms with Gasteiger partial charge in [0.15, 0.2) is 0 Å². The molecule has 2 aromatic heterocycles. The monoisotopic (exact) mass is 375 g/mol. The minimum atomic E-state index is -3.41. The summed E-state index contributed by atoms with van der Waals surface area (Å²) in [7, 11) is -1.51. The fourth-order valence-electron chi connectivity index (χ4n) is 2.42. The van der Waals surface area contributed by atoms with E-state index in [1.54, 1.807) is 22.6 Å². The summed E-state index contributed by atoms with van der Waals surface area (Å²) in [5.74, 6) is 0. The van der Waals surface area contributed by atoms with Crippen molar-refractivity contribution in [3.63, 3.8) is 0 Å². The van der Waals surface area contributed by atoms with Gasteiger partial charge < -0.3 is 0 Å². The quantitative estimate of drug-likeness (QED) is 0.809. The van der Waals surface area contributed by atoms with E-state index in [0.717, 1.165) is 27.9 Å². The first-order valence-corrected chi connectivity index (χ1v) is 9.28. The first-order chi connectivity index (χ1) is 9.48. The molecule has 2 aromatic rings. The molecule has 3 heterocycles. The minimum absolute atomic E-state index is 0.386. The Labute approximate surface area is 130 Å². The van der Waals surface area contributed by atoms with Gasteiger partial charge in [-0.1, -0.05) is 0 Å². The van der Waals surface area contributed by atoms with E-state index in [0.29, 0.717) is 17.3 Å². The van der Waals surface area contributed by atoms with Gasteiger partial charge in [-0.15, -0.1) is 11.3 Å². The maximum atomic E-state index is 12.7. The summed E-state index contributed by atoms with van der Waals surface area (Å²) in [4.78, 5) is 0. The lowest BCUT2D eigenvalue weighted by Gasteiger charge is -2.18. The lowest BCUT2D eigenvalue weighted by atomic mass is 10.2. The molecule has 0 unspecified atom stereocenters. The summed E-state index contributed by atoms with van der Waals surface area (Å²) in [6.07, 6.45) is 3.46. The Hall–Kier alpha value is -0.700. The van der Waals surface area contributed by atoms with Crippen LogP contribution in [0.4, 0.5) is 0 Å². The molecule has 0 fully saturated rings. The van der Waals surface area contributed by atoms with Gasteiger partial charge in [0, 0.05) is 31.4 Å². The van der Waals surface area contributed by atoms with Gasteiger partial charge in [0.25, 0.3) is 10.0 Å². The number of fused-ring (bicyclic) bond motifs is 1. The van der Waals surface area contributed by atoms with E-state index in [4.69, 9.17) is 0 Å². The number of thiophene rings is 1. The predicted molar refractivity (Wildman–Crippen MR) is 81.1 cm³/mol. The van der Waals surface area contributed by atoms with Crippen molar-refractivity contribution in [2.75, 3.05) is 6.54 Å². The normalized spacial score (nSPS) is 16.9. The molecule has 20 heavy (non-hydrogen) atoms. The number of hydrogen-bond donors (Lipinski definition) is 0. The highest BCUT2D eigenvalue weighted by molar-refractivity contribution is 9.11. The number of sulfonamides is 1. The Morgan fingerprint density at radius 2 is 2.20 bits per heavy atom. The summed E-state index contributed by atoms with van der Waals surface area (Å²) >= 11 is 4.56. The molecule has 0 atom stereocenters. The summed E-state index contributed by atoms with van der Waals surface area (Å²) in [5, 5.41) is 4.22. The number of halogens is 1. The average molecular weight is 376 g/mol. The lowest BCUT2D eigenvalue weighted by molar-refractivity contribution is 0.410. The van der Waals surface area contributed by atoms with Crippen LogP contribution in [0.5, 0.6) is 0 Å². The average Bonchev–Trinajstić information content (AvgIpc) is 2.90. The van der Waals surface area contributed by atoms with Crippen LogP contribution in [-0.2, 0) is 30.0 Å². The maximum absolute atomic E-state index is 12.7. The van der Waals surface area contributed by atoms with Crippen LogP contribution in [0.3, 0.4) is 0 Å². The van der Waals surface area contributed by atoms with Crippen molar-refractivity contribution < 1.29 is 8.42 Å². The van der Waals surface area contributed by atoms with Gasteiger partial charge in [0.1, 0.15) is 4.21 Å². The third kappa shape index (κ3) is 2.45. The minimum Gasteiger partial charge on any atom is -0.272 e. The molecule has 0 amide bonds. The van der Waals surface area contributed by atoms with Crippen LogP contribution in [0.15, 0.2) is 26.3 Å². The van der Waals surface area contributed by atoms with E-state index in [-0.39, 0.29) is 0 Å². The first kappa shape index (κ1) is 14.2. The highest BCUT2D eigenvalue weighted by Gasteiger charge is 2.29. The molecule has 0 aromatic carbocycles. The van der Waals surface area contributed by atoms with Gasteiger partial charge in [0.2, 0.25) is 0 Å². The van der Waals surface area contributed by atoms with E-state index in [9.17, 15) is 8.42 Å². The van der Waals surface area contributed by atoms with Gasteiger partial charge in [-0.3, -0.25) is 4.68 Å². The van der Waals surface area contributed by atoms with Crippen LogP contribution < -0.4 is 0 Å². The Morgan fingerprint density at radius 1 is 1.40 bits per heavy atom. The fraction of sp³-hybridized carbons (Fsp3) is 0.417. The molecule has 3 rings (SSSR count). The van der Waals surface area contributed by atoms with Gasteiger partial charge >= 0.3 is 0 Å². The molecular formula is C12H14BrN3O2S2. The van der Waals surface area contributed by atoms with Gasteiger partial charge in [-0.25, -0.2) is 8.42 Å². The van der Waals surface area contributed by atoms with Crippen LogP contribution >= 0.6 is 27.3 Å². The summed E-state index contributed by atoms with van der Waals surface area (Å²) < 4.78 is 29.9. The zero-order valence-corrected chi connectivity index (χ0v) is 14.1. The van der Waals surface area contributed by atoms with E-state index >= 15 is 0 Å². The summed E-state index contributed by atoms with van der Waals surface area (Å²) in [6, 6.07) is 3.42. The molecule has 108 valence electrons. The van der Waals surface area contributed by atoms with Gasteiger partial charge in [0.05, 0.1) is 9.98 Å².